The molecule has 1 rings (SSSR count). The van der Waals surface area contributed by atoms with Crippen LogP contribution < -0.4 is 38.5 Å². The molecule has 0 saturated carbocycles. The van der Waals surface area contributed by atoms with Gasteiger partial charge in [0.1, 0.15) is 18.1 Å². The summed E-state index contributed by atoms with van der Waals surface area (Å²) >= 11 is 0. The molecule has 4 unspecified atom stereocenters. The molecular formula is C22H40N8O7. The summed E-state index contributed by atoms with van der Waals surface area (Å²) in [5.74, 6) is -4.44. The van der Waals surface area contributed by atoms with Crippen molar-refractivity contribution in [2.45, 2.75) is 82.0 Å². The van der Waals surface area contributed by atoms with E-state index in [1.54, 1.807) is 0 Å². The Kier molecular flexibility index (Phi) is 14.6. The summed E-state index contributed by atoms with van der Waals surface area (Å²) in [6.07, 6.45) is 2.43. The lowest BCUT2D eigenvalue weighted by molar-refractivity contribution is -0.143. The number of carboxylic acids is 2. The number of amides is 3. The van der Waals surface area contributed by atoms with Gasteiger partial charge in [-0.25, -0.2) is 4.79 Å². The van der Waals surface area contributed by atoms with Gasteiger partial charge in [-0.2, -0.15) is 0 Å². The second kappa shape index (κ2) is 17.1. The maximum atomic E-state index is 13.2. The lowest BCUT2D eigenvalue weighted by Crippen LogP contribution is -2.57. The number of carbonyl (C=O) groups excluding carboxylic acids is 3. The van der Waals surface area contributed by atoms with Crippen LogP contribution in [0.2, 0.25) is 0 Å². The van der Waals surface area contributed by atoms with Crippen molar-refractivity contribution in [3.63, 3.8) is 0 Å². The molecular weight excluding hydrogens is 488 g/mol. The monoisotopic (exact) mass is 528 g/mol. The first-order valence-electron chi connectivity index (χ1n) is 12.4. The molecule has 0 radical (unpaired) electrons. The number of rotatable bonds is 18. The van der Waals surface area contributed by atoms with Gasteiger partial charge in [0.25, 0.3) is 0 Å². The summed E-state index contributed by atoms with van der Waals surface area (Å²) in [7, 11) is 0. The highest BCUT2D eigenvalue weighted by Crippen LogP contribution is 2.09. The highest BCUT2D eigenvalue weighted by molar-refractivity contribution is 5.94. The van der Waals surface area contributed by atoms with E-state index in [0.717, 1.165) is 6.42 Å². The van der Waals surface area contributed by atoms with Crippen molar-refractivity contribution in [2.24, 2.45) is 22.2 Å². The minimum atomic E-state index is -1.44. The van der Waals surface area contributed by atoms with E-state index in [4.69, 9.17) is 22.3 Å². The summed E-state index contributed by atoms with van der Waals surface area (Å²) < 4.78 is 0. The largest absolute Gasteiger partial charge is 0.481 e. The van der Waals surface area contributed by atoms with Crippen LogP contribution in [0.25, 0.3) is 0 Å². The van der Waals surface area contributed by atoms with Gasteiger partial charge >= 0.3 is 11.9 Å². The van der Waals surface area contributed by atoms with Crippen molar-refractivity contribution >= 4 is 35.6 Å². The molecule has 12 N–H and O–H groups in total. The summed E-state index contributed by atoms with van der Waals surface area (Å²) in [5, 5.41) is 28.9. The van der Waals surface area contributed by atoms with E-state index >= 15 is 0 Å². The zero-order valence-corrected chi connectivity index (χ0v) is 20.9. The summed E-state index contributed by atoms with van der Waals surface area (Å²) in [4.78, 5) is 65.0. The van der Waals surface area contributed by atoms with Gasteiger partial charge in [0.2, 0.25) is 17.7 Å². The fraction of sp³-hybridized carbons (Fsp3) is 0.727. The number of aliphatic imine (C=N–C) groups is 1. The van der Waals surface area contributed by atoms with E-state index in [1.165, 1.54) is 0 Å². The van der Waals surface area contributed by atoms with Crippen molar-refractivity contribution in [2.75, 3.05) is 19.6 Å². The molecule has 4 atom stereocenters. The van der Waals surface area contributed by atoms with Crippen molar-refractivity contribution in [1.29, 1.82) is 0 Å². The minimum absolute atomic E-state index is 0.104. The molecule has 15 nitrogen and oxygen atoms in total. The average molecular weight is 529 g/mol. The predicted octanol–water partition coefficient (Wildman–Crippen LogP) is -2.68. The summed E-state index contributed by atoms with van der Waals surface area (Å²) in [6.45, 7) is 1.28. The molecule has 210 valence electrons. The Morgan fingerprint density at radius 3 is 2.05 bits per heavy atom. The van der Waals surface area contributed by atoms with Crippen LogP contribution in [-0.2, 0) is 24.0 Å². The van der Waals surface area contributed by atoms with Crippen LogP contribution >= 0.6 is 0 Å². The molecule has 15 heteroatoms. The predicted molar refractivity (Wildman–Crippen MR) is 134 cm³/mol. The second-order valence-corrected chi connectivity index (χ2v) is 8.84. The Morgan fingerprint density at radius 1 is 0.892 bits per heavy atom. The Labute approximate surface area is 215 Å². The van der Waals surface area contributed by atoms with Crippen LogP contribution in [0.15, 0.2) is 4.99 Å². The quantitative estimate of drug-likeness (QED) is 0.0502. The van der Waals surface area contributed by atoms with Gasteiger partial charge in [0.15, 0.2) is 5.96 Å². The van der Waals surface area contributed by atoms with Crippen LogP contribution in [-0.4, -0.2) is 89.6 Å². The highest BCUT2D eigenvalue weighted by Gasteiger charge is 2.31. The molecule has 0 aliphatic carbocycles. The Morgan fingerprint density at radius 2 is 1.51 bits per heavy atom. The third-order valence-electron chi connectivity index (χ3n) is 5.80. The summed E-state index contributed by atoms with van der Waals surface area (Å²) in [5.41, 5.74) is 16.2. The number of nitrogens with two attached hydrogens (primary N) is 3. The van der Waals surface area contributed by atoms with Crippen molar-refractivity contribution in [3.8, 4) is 0 Å². The zero-order valence-electron chi connectivity index (χ0n) is 20.9. The van der Waals surface area contributed by atoms with Crippen LogP contribution in [0.1, 0.15) is 57.8 Å². The SMILES string of the molecule is NCCCCC(NC(=O)C(CCCN=C(N)N)NC(=O)C1CCCN1)C(=O)NC(CCC(=O)O)C(=O)O. The summed E-state index contributed by atoms with van der Waals surface area (Å²) in [6, 6.07) is -3.98. The zero-order chi connectivity index (χ0) is 27.8. The van der Waals surface area contributed by atoms with Crippen LogP contribution in [0.3, 0.4) is 0 Å². The lowest BCUT2D eigenvalue weighted by atomic mass is 10.0. The van der Waals surface area contributed by atoms with E-state index < -0.39 is 54.3 Å². The molecule has 3 amide bonds. The van der Waals surface area contributed by atoms with E-state index in [-0.39, 0.29) is 37.7 Å². The van der Waals surface area contributed by atoms with Gasteiger partial charge in [0, 0.05) is 13.0 Å². The third kappa shape index (κ3) is 12.9. The number of nitrogens with one attached hydrogen (secondary N) is 4. The number of aliphatic carboxylic acids is 2. The van der Waals surface area contributed by atoms with Crippen LogP contribution in [0.5, 0.6) is 0 Å². The van der Waals surface area contributed by atoms with Crippen molar-refractivity contribution in [3.05, 3.63) is 0 Å². The van der Waals surface area contributed by atoms with Crippen molar-refractivity contribution < 1.29 is 34.2 Å². The molecule has 0 aromatic heterocycles. The molecule has 0 aromatic rings. The van der Waals surface area contributed by atoms with Gasteiger partial charge < -0.3 is 48.7 Å². The van der Waals surface area contributed by atoms with Gasteiger partial charge in [-0.3, -0.25) is 24.2 Å². The number of carboxylic acid groups (broad SMARTS) is 2. The first-order valence-corrected chi connectivity index (χ1v) is 12.4. The van der Waals surface area contributed by atoms with E-state index in [0.29, 0.717) is 38.8 Å². The smallest absolute Gasteiger partial charge is 0.326 e. The molecule has 0 bridgehead atoms. The van der Waals surface area contributed by atoms with E-state index in [2.05, 4.69) is 26.3 Å². The second-order valence-electron chi connectivity index (χ2n) is 8.84. The molecule has 1 heterocycles. The van der Waals surface area contributed by atoms with Gasteiger partial charge in [-0.15, -0.1) is 0 Å². The van der Waals surface area contributed by atoms with Gasteiger partial charge in [-0.1, -0.05) is 0 Å². The number of unbranched alkanes of at least 4 members (excludes halogenated alkanes) is 1. The maximum Gasteiger partial charge on any atom is 0.326 e. The maximum absolute atomic E-state index is 13.2. The van der Waals surface area contributed by atoms with E-state index in [1.807, 2.05) is 0 Å². The topological polar surface area (TPSA) is 264 Å². The standard InChI is InChI=1S/C22H40N8O7/c23-10-2-1-5-14(20(35)30-16(21(36)37)8-9-17(31)32)29-19(34)15(7-4-12-27-22(24)25)28-18(33)13-6-3-11-26-13/h13-16,26H,1-12,23H2,(H,28,33)(H,29,34)(H,30,35)(H,31,32)(H,36,37)(H4,24,25,27). The van der Waals surface area contributed by atoms with Crippen LogP contribution in [0, 0.1) is 0 Å². The van der Waals surface area contributed by atoms with Crippen molar-refractivity contribution in [1.82, 2.24) is 21.3 Å². The molecule has 1 saturated heterocycles. The number of hydrogen-bond acceptors (Lipinski definition) is 8. The van der Waals surface area contributed by atoms with Crippen LogP contribution in [0.4, 0.5) is 0 Å². The molecule has 1 aliphatic heterocycles. The Hall–Kier alpha value is -3.46. The number of nitrogens with zero attached hydrogens (tertiary/aromatic N) is 1. The lowest BCUT2D eigenvalue weighted by Gasteiger charge is -2.25. The third-order valence-corrected chi connectivity index (χ3v) is 5.80. The average Bonchev–Trinajstić information content (AvgIpc) is 3.37. The number of carbonyl (C=O) groups is 5. The Bertz CT molecular complexity index is 813. The molecule has 1 fully saturated rings. The Balaban J connectivity index is 2.96. The molecule has 37 heavy (non-hydrogen) atoms. The molecule has 0 spiro atoms. The number of hydrogen-bond donors (Lipinski definition) is 9. The number of guanidine groups is 1. The fourth-order valence-electron chi connectivity index (χ4n) is 3.78. The normalized spacial score (nSPS) is 17.2. The van der Waals surface area contributed by atoms with Gasteiger partial charge in [-0.05, 0) is 64.5 Å². The fourth-order valence-corrected chi connectivity index (χ4v) is 3.78. The van der Waals surface area contributed by atoms with E-state index in [9.17, 15) is 29.1 Å². The molecule has 1 aliphatic rings. The highest BCUT2D eigenvalue weighted by atomic mass is 16.4. The minimum Gasteiger partial charge on any atom is -0.481 e. The molecule has 0 aromatic carbocycles. The first-order chi connectivity index (χ1) is 17.5. The van der Waals surface area contributed by atoms with Gasteiger partial charge in [0.05, 0.1) is 6.04 Å². The first kappa shape index (κ1) is 31.6.